The van der Waals surface area contributed by atoms with E-state index in [4.69, 9.17) is 0 Å². The van der Waals surface area contributed by atoms with Crippen molar-refractivity contribution in [1.82, 2.24) is 19.4 Å². The van der Waals surface area contributed by atoms with Crippen LogP contribution in [0.25, 0.3) is 0 Å². The van der Waals surface area contributed by atoms with Crippen molar-refractivity contribution in [3.8, 4) is 0 Å². The first-order valence-corrected chi connectivity index (χ1v) is 10.1. The lowest BCUT2D eigenvalue weighted by Gasteiger charge is -2.22. The molecule has 5 nitrogen and oxygen atoms in total. The lowest BCUT2D eigenvalue weighted by molar-refractivity contribution is -0.122. The second kappa shape index (κ2) is 8.27. The highest BCUT2D eigenvalue weighted by atomic mass is 32.1. The predicted octanol–water partition coefficient (Wildman–Crippen LogP) is 4.17. The third-order valence-corrected chi connectivity index (χ3v) is 5.55. The van der Waals surface area contributed by atoms with Gasteiger partial charge in [0.25, 0.3) is 0 Å². The van der Waals surface area contributed by atoms with Crippen molar-refractivity contribution in [1.29, 1.82) is 0 Å². The number of rotatable bonds is 7. The minimum absolute atomic E-state index is 0.0123. The lowest BCUT2D eigenvalue weighted by Crippen LogP contribution is -2.32. The van der Waals surface area contributed by atoms with E-state index in [2.05, 4.69) is 26.3 Å². The standard InChI is InChI=1S/C22H22N4OS/c1-25-13-10-23-22(25)21(17-7-3-2-4-8-17)24-20(27)15-19(18-9-14-28-16-18)26-11-5-6-12-26/h2-14,16,19,21H,15H2,1H3,(H,24,27)/t19-,21+/m0/s1. The molecule has 28 heavy (non-hydrogen) atoms. The van der Waals surface area contributed by atoms with Crippen LogP contribution in [0.1, 0.15) is 35.5 Å². The van der Waals surface area contributed by atoms with Crippen LogP contribution in [0.3, 0.4) is 0 Å². The molecule has 3 aromatic heterocycles. The number of hydrogen-bond acceptors (Lipinski definition) is 3. The zero-order chi connectivity index (χ0) is 19.3. The average molecular weight is 391 g/mol. The summed E-state index contributed by atoms with van der Waals surface area (Å²) in [6.07, 6.45) is 8.02. The number of nitrogens with one attached hydrogen (secondary N) is 1. The quantitative estimate of drug-likeness (QED) is 0.515. The predicted molar refractivity (Wildman–Crippen MR) is 111 cm³/mol. The number of aryl methyl sites for hydroxylation is 1. The Bertz CT molecular complexity index is 972. The molecule has 0 aliphatic rings. The van der Waals surface area contributed by atoms with Gasteiger partial charge in [0.2, 0.25) is 5.91 Å². The number of carbonyl (C=O) groups excluding carboxylic acids is 1. The fourth-order valence-corrected chi connectivity index (χ4v) is 4.12. The molecule has 1 aromatic carbocycles. The molecule has 6 heteroatoms. The number of aromatic nitrogens is 3. The molecule has 0 aliphatic heterocycles. The first-order valence-electron chi connectivity index (χ1n) is 9.18. The zero-order valence-electron chi connectivity index (χ0n) is 15.6. The van der Waals surface area contributed by atoms with Crippen molar-refractivity contribution in [2.75, 3.05) is 0 Å². The van der Waals surface area contributed by atoms with Crippen molar-refractivity contribution in [3.63, 3.8) is 0 Å². The Morgan fingerprint density at radius 1 is 1.07 bits per heavy atom. The summed E-state index contributed by atoms with van der Waals surface area (Å²) in [6.45, 7) is 0. The Morgan fingerprint density at radius 3 is 2.50 bits per heavy atom. The average Bonchev–Trinajstić information content (AvgIpc) is 3.47. The highest BCUT2D eigenvalue weighted by Gasteiger charge is 2.23. The number of nitrogens with zero attached hydrogens (tertiary/aromatic N) is 3. The van der Waals surface area contributed by atoms with Crippen LogP contribution in [-0.4, -0.2) is 20.0 Å². The van der Waals surface area contributed by atoms with Gasteiger partial charge < -0.3 is 14.5 Å². The minimum atomic E-state index is -0.290. The molecule has 0 saturated carbocycles. The third kappa shape index (κ3) is 3.92. The summed E-state index contributed by atoms with van der Waals surface area (Å²) >= 11 is 1.64. The highest BCUT2D eigenvalue weighted by molar-refractivity contribution is 7.08. The highest BCUT2D eigenvalue weighted by Crippen LogP contribution is 2.26. The molecule has 0 radical (unpaired) electrons. The van der Waals surface area contributed by atoms with Gasteiger partial charge in [-0.3, -0.25) is 4.79 Å². The van der Waals surface area contributed by atoms with E-state index in [1.54, 1.807) is 17.5 Å². The summed E-state index contributed by atoms with van der Waals surface area (Å²) in [5.74, 6) is 0.800. The molecule has 2 atom stereocenters. The maximum absolute atomic E-state index is 13.1. The summed E-state index contributed by atoms with van der Waals surface area (Å²) in [6, 6.07) is 15.7. The molecule has 0 fully saturated rings. The van der Waals surface area contributed by atoms with Crippen LogP contribution in [0.5, 0.6) is 0 Å². The maximum atomic E-state index is 13.1. The number of benzene rings is 1. The third-order valence-electron chi connectivity index (χ3n) is 4.85. The number of amides is 1. The maximum Gasteiger partial charge on any atom is 0.223 e. The fourth-order valence-electron chi connectivity index (χ4n) is 3.41. The number of thiophene rings is 1. The van der Waals surface area contributed by atoms with Gasteiger partial charge in [0, 0.05) is 31.8 Å². The molecule has 1 N–H and O–H groups in total. The van der Waals surface area contributed by atoms with Crippen LogP contribution in [0.2, 0.25) is 0 Å². The number of carbonyl (C=O) groups is 1. The Kier molecular flexibility index (Phi) is 5.39. The van der Waals surface area contributed by atoms with Crippen LogP contribution < -0.4 is 5.32 Å². The fraction of sp³-hybridized carbons (Fsp3) is 0.182. The molecule has 1 amide bonds. The van der Waals surface area contributed by atoms with Gasteiger partial charge >= 0.3 is 0 Å². The van der Waals surface area contributed by atoms with E-state index < -0.39 is 0 Å². The molecule has 4 rings (SSSR count). The second-order valence-corrected chi connectivity index (χ2v) is 7.49. The van der Waals surface area contributed by atoms with E-state index in [-0.39, 0.29) is 18.0 Å². The van der Waals surface area contributed by atoms with Crippen LogP contribution in [0, 0.1) is 0 Å². The molecule has 0 aliphatic carbocycles. The summed E-state index contributed by atoms with van der Waals surface area (Å²) in [4.78, 5) is 17.5. The van der Waals surface area contributed by atoms with Gasteiger partial charge in [-0.15, -0.1) is 0 Å². The van der Waals surface area contributed by atoms with Crippen LogP contribution in [0.4, 0.5) is 0 Å². The van der Waals surface area contributed by atoms with E-state index >= 15 is 0 Å². The molecule has 0 spiro atoms. The van der Waals surface area contributed by atoms with Gasteiger partial charge in [-0.2, -0.15) is 11.3 Å². The Balaban J connectivity index is 1.58. The second-order valence-electron chi connectivity index (χ2n) is 6.71. The summed E-state index contributed by atoms with van der Waals surface area (Å²) in [5, 5.41) is 7.35. The molecule has 0 unspecified atom stereocenters. The van der Waals surface area contributed by atoms with E-state index in [0.29, 0.717) is 6.42 Å². The summed E-state index contributed by atoms with van der Waals surface area (Å²) in [5.41, 5.74) is 2.16. The Labute approximate surface area is 168 Å². The van der Waals surface area contributed by atoms with Gasteiger partial charge in [-0.25, -0.2) is 4.98 Å². The molecular formula is C22H22N4OS. The normalized spacial score (nSPS) is 13.2. The van der Waals surface area contributed by atoms with Gasteiger partial charge in [-0.1, -0.05) is 30.3 Å². The van der Waals surface area contributed by atoms with E-state index in [1.165, 1.54) is 0 Å². The van der Waals surface area contributed by atoms with E-state index in [0.717, 1.165) is 17.0 Å². The van der Waals surface area contributed by atoms with Crippen molar-refractivity contribution in [2.45, 2.75) is 18.5 Å². The van der Waals surface area contributed by atoms with Crippen LogP contribution in [-0.2, 0) is 11.8 Å². The Morgan fingerprint density at radius 2 is 1.86 bits per heavy atom. The minimum Gasteiger partial charge on any atom is -0.346 e. The van der Waals surface area contributed by atoms with Gasteiger partial charge in [-0.05, 0) is 40.1 Å². The van der Waals surface area contributed by atoms with E-state index in [1.807, 2.05) is 78.0 Å². The molecule has 0 bridgehead atoms. The van der Waals surface area contributed by atoms with Crippen LogP contribution in [0.15, 0.2) is 84.1 Å². The molecule has 3 heterocycles. The van der Waals surface area contributed by atoms with Crippen molar-refractivity contribution < 1.29 is 4.79 Å². The SMILES string of the molecule is Cn1ccnc1[C@H](NC(=O)C[C@@H](c1ccsc1)n1cccc1)c1ccccc1. The van der Waals surface area contributed by atoms with Crippen molar-refractivity contribution in [2.24, 2.45) is 7.05 Å². The Hall–Kier alpha value is -3.12. The number of imidazole rings is 1. The number of hydrogen-bond donors (Lipinski definition) is 1. The van der Waals surface area contributed by atoms with Crippen LogP contribution >= 0.6 is 11.3 Å². The largest absolute Gasteiger partial charge is 0.346 e. The molecule has 142 valence electrons. The first-order chi connectivity index (χ1) is 13.7. The van der Waals surface area contributed by atoms with Crippen molar-refractivity contribution >= 4 is 17.2 Å². The molecular weight excluding hydrogens is 368 g/mol. The summed E-state index contributed by atoms with van der Waals surface area (Å²) < 4.78 is 4.03. The van der Waals surface area contributed by atoms with Gasteiger partial charge in [0.1, 0.15) is 11.9 Å². The zero-order valence-corrected chi connectivity index (χ0v) is 16.4. The van der Waals surface area contributed by atoms with Gasteiger partial charge in [0.15, 0.2) is 0 Å². The topological polar surface area (TPSA) is 51.9 Å². The van der Waals surface area contributed by atoms with Gasteiger partial charge in [0.05, 0.1) is 12.5 Å². The monoisotopic (exact) mass is 390 g/mol. The van der Waals surface area contributed by atoms with Crippen molar-refractivity contribution in [3.05, 3.63) is 101 Å². The summed E-state index contributed by atoms with van der Waals surface area (Å²) in [7, 11) is 1.94. The van der Waals surface area contributed by atoms with E-state index in [9.17, 15) is 4.79 Å². The molecule has 0 saturated heterocycles. The molecule has 4 aromatic rings. The lowest BCUT2D eigenvalue weighted by atomic mass is 10.0. The first kappa shape index (κ1) is 18.3. The smallest absolute Gasteiger partial charge is 0.223 e.